The van der Waals surface area contributed by atoms with E-state index in [-0.39, 0.29) is 5.91 Å². The van der Waals surface area contributed by atoms with Crippen LogP contribution in [0.25, 0.3) is 10.2 Å². The van der Waals surface area contributed by atoms with Crippen LogP contribution in [0.1, 0.15) is 15.9 Å². The molecule has 0 radical (unpaired) electrons. The Kier molecular flexibility index (Phi) is 3.23. The molecule has 6 heteroatoms. The van der Waals surface area contributed by atoms with E-state index in [0.29, 0.717) is 22.1 Å². The fraction of sp³-hybridized carbons (Fsp3) is 0.0667. The number of fused-ring (bicyclic) bond motifs is 1. The van der Waals surface area contributed by atoms with Crippen LogP contribution in [-0.4, -0.2) is 10.9 Å². The molecule has 0 aliphatic rings. The molecule has 0 spiro atoms. The van der Waals surface area contributed by atoms with Crippen LogP contribution in [0, 0.1) is 6.92 Å². The summed E-state index contributed by atoms with van der Waals surface area (Å²) in [6, 6.07) is 10.5. The first-order valence-electron chi connectivity index (χ1n) is 6.36. The van der Waals surface area contributed by atoms with Gasteiger partial charge in [0, 0.05) is 16.9 Å². The number of carbonyl (C=O) groups is 1. The molecule has 21 heavy (non-hydrogen) atoms. The Morgan fingerprint density at radius 1 is 1.19 bits per heavy atom. The van der Waals surface area contributed by atoms with Crippen molar-refractivity contribution in [3.05, 3.63) is 47.5 Å². The SMILES string of the molecule is Cc1cc2sc(NC(=O)c3ccc(N)cc3)nc2cc1N. The lowest BCUT2D eigenvalue weighted by molar-refractivity contribution is 0.102. The van der Waals surface area contributed by atoms with Gasteiger partial charge in [-0.3, -0.25) is 10.1 Å². The van der Waals surface area contributed by atoms with Crippen LogP contribution in [0.15, 0.2) is 36.4 Å². The van der Waals surface area contributed by atoms with Crippen LogP contribution in [-0.2, 0) is 0 Å². The van der Waals surface area contributed by atoms with Gasteiger partial charge in [-0.1, -0.05) is 11.3 Å². The maximum Gasteiger partial charge on any atom is 0.257 e. The highest BCUT2D eigenvalue weighted by Crippen LogP contribution is 2.29. The Morgan fingerprint density at radius 2 is 1.90 bits per heavy atom. The normalized spacial score (nSPS) is 10.7. The molecule has 5 nitrogen and oxygen atoms in total. The minimum absolute atomic E-state index is 0.209. The van der Waals surface area contributed by atoms with Crippen LogP contribution in [0.5, 0.6) is 0 Å². The predicted octanol–water partition coefficient (Wildman–Crippen LogP) is 3.02. The summed E-state index contributed by atoms with van der Waals surface area (Å²) in [4.78, 5) is 16.5. The standard InChI is InChI=1S/C15H14N4OS/c1-8-6-13-12(7-11(8)17)18-15(21-13)19-14(20)9-2-4-10(16)5-3-9/h2-7H,16-17H2,1H3,(H,18,19,20). The summed E-state index contributed by atoms with van der Waals surface area (Å²) in [5.41, 5.74) is 15.1. The number of benzene rings is 2. The minimum Gasteiger partial charge on any atom is -0.399 e. The smallest absolute Gasteiger partial charge is 0.257 e. The van der Waals surface area contributed by atoms with Crippen molar-refractivity contribution in [3.63, 3.8) is 0 Å². The maximum absolute atomic E-state index is 12.1. The number of thiazole rings is 1. The number of nitrogen functional groups attached to an aromatic ring is 2. The zero-order valence-corrected chi connectivity index (χ0v) is 12.2. The average Bonchev–Trinajstić information content (AvgIpc) is 2.81. The molecule has 1 heterocycles. The number of aromatic nitrogens is 1. The summed E-state index contributed by atoms with van der Waals surface area (Å²) in [6.07, 6.45) is 0. The van der Waals surface area contributed by atoms with Crippen LogP contribution >= 0.6 is 11.3 Å². The van der Waals surface area contributed by atoms with Crippen molar-refractivity contribution in [2.24, 2.45) is 0 Å². The topological polar surface area (TPSA) is 94.0 Å². The Morgan fingerprint density at radius 3 is 2.62 bits per heavy atom. The van der Waals surface area contributed by atoms with Crippen LogP contribution in [0.3, 0.4) is 0 Å². The number of nitrogens with zero attached hydrogens (tertiary/aromatic N) is 1. The third-order valence-electron chi connectivity index (χ3n) is 3.17. The van der Waals surface area contributed by atoms with Gasteiger partial charge < -0.3 is 11.5 Å². The molecule has 0 saturated carbocycles. The van der Waals surface area contributed by atoms with Gasteiger partial charge in [0.05, 0.1) is 10.2 Å². The number of carbonyl (C=O) groups excluding carboxylic acids is 1. The van der Waals surface area contributed by atoms with Gasteiger partial charge in [0.15, 0.2) is 5.13 Å². The molecule has 5 N–H and O–H groups in total. The molecule has 3 aromatic rings. The third-order valence-corrected chi connectivity index (χ3v) is 4.10. The van der Waals surface area contributed by atoms with Crippen molar-refractivity contribution in [2.75, 3.05) is 16.8 Å². The molecule has 1 aromatic heterocycles. The number of rotatable bonds is 2. The van der Waals surface area contributed by atoms with E-state index in [1.807, 2.05) is 19.1 Å². The Balaban J connectivity index is 1.87. The van der Waals surface area contributed by atoms with E-state index in [1.165, 1.54) is 11.3 Å². The van der Waals surface area contributed by atoms with Crippen molar-refractivity contribution >= 4 is 44.0 Å². The molecule has 0 unspecified atom stereocenters. The summed E-state index contributed by atoms with van der Waals surface area (Å²) < 4.78 is 0.995. The Labute approximate surface area is 125 Å². The van der Waals surface area contributed by atoms with Gasteiger partial charge in [0.25, 0.3) is 5.91 Å². The molecule has 2 aromatic carbocycles. The quantitative estimate of drug-likeness (QED) is 0.634. The Bertz CT molecular complexity index is 785. The van der Waals surface area contributed by atoms with E-state index < -0.39 is 0 Å². The lowest BCUT2D eigenvalue weighted by atomic mass is 10.2. The average molecular weight is 298 g/mol. The zero-order valence-electron chi connectivity index (χ0n) is 11.4. The van der Waals surface area contributed by atoms with Gasteiger partial charge in [-0.25, -0.2) is 4.98 Å². The van der Waals surface area contributed by atoms with Gasteiger partial charge >= 0.3 is 0 Å². The van der Waals surface area contributed by atoms with Crippen LogP contribution < -0.4 is 16.8 Å². The highest BCUT2D eigenvalue weighted by atomic mass is 32.1. The lowest BCUT2D eigenvalue weighted by Gasteiger charge is -2.01. The van der Waals surface area contributed by atoms with Crippen molar-refractivity contribution in [1.82, 2.24) is 4.98 Å². The van der Waals surface area contributed by atoms with Gasteiger partial charge in [-0.2, -0.15) is 0 Å². The summed E-state index contributed by atoms with van der Waals surface area (Å²) in [5, 5.41) is 3.35. The molecule has 0 aliphatic heterocycles. The summed E-state index contributed by atoms with van der Waals surface area (Å²) in [7, 11) is 0. The van der Waals surface area contributed by atoms with Gasteiger partial charge in [-0.05, 0) is 48.9 Å². The third kappa shape index (κ3) is 2.66. The highest BCUT2D eigenvalue weighted by Gasteiger charge is 2.10. The number of anilines is 3. The van der Waals surface area contributed by atoms with E-state index in [2.05, 4.69) is 10.3 Å². The molecule has 0 aliphatic carbocycles. The lowest BCUT2D eigenvalue weighted by Crippen LogP contribution is -2.11. The van der Waals surface area contributed by atoms with E-state index in [9.17, 15) is 4.79 Å². The zero-order chi connectivity index (χ0) is 15.0. The number of hydrogen-bond donors (Lipinski definition) is 3. The number of nitrogens with two attached hydrogens (primary N) is 2. The monoisotopic (exact) mass is 298 g/mol. The summed E-state index contributed by atoms with van der Waals surface area (Å²) in [5.74, 6) is -0.209. The van der Waals surface area contributed by atoms with E-state index in [0.717, 1.165) is 15.8 Å². The highest BCUT2D eigenvalue weighted by molar-refractivity contribution is 7.22. The maximum atomic E-state index is 12.1. The van der Waals surface area contributed by atoms with E-state index >= 15 is 0 Å². The molecule has 1 amide bonds. The number of amides is 1. The predicted molar refractivity (Wildman–Crippen MR) is 87.6 cm³/mol. The van der Waals surface area contributed by atoms with E-state index in [1.54, 1.807) is 24.3 Å². The fourth-order valence-electron chi connectivity index (χ4n) is 1.95. The van der Waals surface area contributed by atoms with Crippen molar-refractivity contribution in [1.29, 1.82) is 0 Å². The second-order valence-electron chi connectivity index (χ2n) is 4.77. The summed E-state index contributed by atoms with van der Waals surface area (Å²) >= 11 is 1.42. The number of hydrogen-bond acceptors (Lipinski definition) is 5. The second kappa shape index (κ2) is 5.06. The van der Waals surface area contributed by atoms with Crippen molar-refractivity contribution in [2.45, 2.75) is 6.92 Å². The molecule has 3 rings (SSSR count). The van der Waals surface area contributed by atoms with Crippen molar-refractivity contribution in [3.8, 4) is 0 Å². The second-order valence-corrected chi connectivity index (χ2v) is 5.80. The molecule has 0 atom stereocenters. The largest absolute Gasteiger partial charge is 0.399 e. The molecule has 0 fully saturated rings. The molecule has 106 valence electrons. The summed E-state index contributed by atoms with van der Waals surface area (Å²) in [6.45, 7) is 1.95. The van der Waals surface area contributed by atoms with Crippen LogP contribution in [0.4, 0.5) is 16.5 Å². The van der Waals surface area contributed by atoms with Crippen molar-refractivity contribution < 1.29 is 4.79 Å². The minimum atomic E-state index is -0.209. The van der Waals surface area contributed by atoms with E-state index in [4.69, 9.17) is 11.5 Å². The molecule has 0 saturated heterocycles. The first-order valence-corrected chi connectivity index (χ1v) is 7.18. The first-order chi connectivity index (χ1) is 10.0. The van der Waals surface area contributed by atoms with Gasteiger partial charge in [0.1, 0.15) is 0 Å². The Hall–Kier alpha value is -2.60. The number of aryl methyl sites for hydroxylation is 1. The molecule has 0 bridgehead atoms. The molecular formula is C15H14N4OS. The fourth-order valence-corrected chi connectivity index (χ4v) is 2.89. The van der Waals surface area contributed by atoms with Gasteiger partial charge in [-0.15, -0.1) is 0 Å². The van der Waals surface area contributed by atoms with Gasteiger partial charge in [0.2, 0.25) is 0 Å². The first kappa shape index (κ1) is 13.4. The number of nitrogens with one attached hydrogen (secondary N) is 1. The van der Waals surface area contributed by atoms with Crippen LogP contribution in [0.2, 0.25) is 0 Å². The molecular weight excluding hydrogens is 284 g/mol.